The summed E-state index contributed by atoms with van der Waals surface area (Å²) in [5, 5.41) is 0. The van der Waals surface area contributed by atoms with E-state index in [-0.39, 0.29) is 64.2 Å². The van der Waals surface area contributed by atoms with Crippen LogP contribution in [0.2, 0.25) is 0 Å². The zero-order valence-electron chi connectivity index (χ0n) is 45.1. The van der Waals surface area contributed by atoms with Crippen LogP contribution < -0.4 is 0 Å². The van der Waals surface area contributed by atoms with E-state index < -0.39 is 29.5 Å². The van der Waals surface area contributed by atoms with Gasteiger partial charge in [0.25, 0.3) is 0 Å². The molecule has 0 fully saturated rings. The van der Waals surface area contributed by atoms with Gasteiger partial charge in [0.2, 0.25) is 0 Å². The second-order valence-corrected chi connectivity index (χ2v) is 25.9. The average Bonchev–Trinajstić information content (AvgIpc) is 3.25. The minimum Gasteiger partial charge on any atom is -0.263 e. The Kier molecular flexibility index (Phi) is 67.0. The summed E-state index contributed by atoms with van der Waals surface area (Å²) in [5.41, 5.74) is 0. The molecule has 0 aliphatic rings. The summed E-state index contributed by atoms with van der Waals surface area (Å²) in [6, 6.07) is 0. The second kappa shape index (κ2) is 59.9. The van der Waals surface area contributed by atoms with Crippen LogP contribution in [0, 0.1) is 65.7 Å². The van der Waals surface area contributed by atoms with Gasteiger partial charge in [-0.1, -0.05) is 310 Å². The molecular weight excluding hydrogens is 1050 g/mol. The molecule has 0 aliphatic carbocycles. The molecule has 0 amide bonds. The normalized spacial score (nSPS) is 11.7. The molecule has 6 nitrogen and oxygen atoms in total. The zero-order valence-corrected chi connectivity index (χ0v) is 49.3. The number of unbranched alkanes of at least 4 members (excludes halogenated alkanes) is 45. The summed E-state index contributed by atoms with van der Waals surface area (Å²) in [6.45, 7) is 6.81. The van der Waals surface area contributed by atoms with E-state index in [1.807, 2.05) is 0 Å². The van der Waals surface area contributed by atoms with E-state index in [1.54, 1.807) is 0 Å². The van der Waals surface area contributed by atoms with Crippen LogP contribution in [0.5, 0.6) is 0 Å². The Morgan fingerprint density at radius 2 is 0.284 bits per heavy atom. The molecule has 0 atom stereocenters. The van der Waals surface area contributed by atoms with E-state index in [0.29, 0.717) is 0 Å². The van der Waals surface area contributed by atoms with Gasteiger partial charge in [0.1, 0.15) is 0 Å². The predicted octanol–water partition coefficient (Wildman–Crippen LogP) is 19.4. The van der Waals surface area contributed by atoms with Crippen molar-refractivity contribution < 1.29 is 72.2 Å². The van der Waals surface area contributed by atoms with Gasteiger partial charge in [-0.05, 0) is 19.3 Å². The predicted molar refractivity (Wildman–Crippen MR) is 296 cm³/mol. The van der Waals surface area contributed by atoms with Gasteiger partial charge in [-0.15, -0.1) is 0 Å². The van der Waals surface area contributed by atoms with E-state index in [1.165, 1.54) is 270 Å². The van der Waals surface area contributed by atoms with E-state index in [9.17, 15) is 25.3 Å². The smallest absolute Gasteiger partial charge is 0.263 e. The van der Waals surface area contributed by atoms with Gasteiger partial charge in [-0.3, -0.25) is 25.3 Å². The molecule has 0 aliphatic heterocycles. The van der Waals surface area contributed by atoms with Crippen molar-refractivity contribution >= 4 is 29.5 Å². The molecule has 10 heteroatoms. The fraction of sp³-hybridized carbons (Fsp3) is 0.947. The van der Waals surface area contributed by atoms with Crippen molar-refractivity contribution in [2.75, 3.05) is 17.3 Å². The topological polar surface area (TPSA) is 102 Å². The molecular formula is C57H117O6S3Yb. The average molecular weight is 1170 g/mol. The van der Waals surface area contributed by atoms with Gasteiger partial charge in [0.15, 0.2) is 0 Å². The van der Waals surface area contributed by atoms with Gasteiger partial charge < -0.3 is 0 Å². The number of sulfone groups is 3. The van der Waals surface area contributed by atoms with Crippen LogP contribution in [-0.2, 0) is 29.5 Å². The van der Waals surface area contributed by atoms with Crippen LogP contribution >= 0.6 is 0 Å². The summed E-state index contributed by atoms with van der Waals surface area (Å²) in [6.07, 6.45) is 72.4. The first-order valence-electron chi connectivity index (χ1n) is 28.9. The molecule has 0 rings (SSSR count). The van der Waals surface area contributed by atoms with Crippen molar-refractivity contribution in [3.05, 3.63) is 18.8 Å². The summed E-state index contributed by atoms with van der Waals surface area (Å²) in [4.78, 5) is 0. The van der Waals surface area contributed by atoms with Crippen LogP contribution in [0.25, 0.3) is 0 Å². The quantitative estimate of drug-likeness (QED) is 0.0444. The Bertz CT molecular complexity index is 1090. The molecule has 0 bridgehead atoms. The van der Waals surface area contributed by atoms with Gasteiger partial charge in [0.05, 0.1) is 0 Å². The van der Waals surface area contributed by atoms with Gasteiger partial charge in [-0.2, -0.15) is 0 Å². The Balaban J connectivity index is -0.000000441. The minimum atomic E-state index is -2.99. The Morgan fingerprint density at radius 1 is 0.194 bits per heavy atom. The summed E-state index contributed by atoms with van der Waals surface area (Å²) < 4.78 is 65.2. The molecule has 0 unspecified atom stereocenters. The van der Waals surface area contributed by atoms with Gasteiger partial charge in [-0.25, -0.2) is 18.8 Å². The van der Waals surface area contributed by atoms with E-state index in [2.05, 4.69) is 39.5 Å². The molecule has 67 heavy (non-hydrogen) atoms. The third-order valence-corrected chi connectivity index (χ3v) is 15.7. The first-order chi connectivity index (χ1) is 31.7. The molecule has 0 heterocycles. The van der Waals surface area contributed by atoms with Crippen LogP contribution in [0.1, 0.15) is 329 Å². The number of rotatable bonds is 51. The standard InChI is InChI=1S/3C19H39O2S.Yb/c3*1-3-4-5-6-7-8-9-10-11-12-13-14-15-16-17-18-19-22(2,20)21;/h3*2-19H2,1H3;/q3*-1;+3. The van der Waals surface area contributed by atoms with Crippen molar-refractivity contribution in [1.82, 2.24) is 0 Å². The molecule has 1 radical (unpaired) electrons. The largest absolute Gasteiger partial charge is 3.00 e. The van der Waals surface area contributed by atoms with E-state index in [0.717, 1.165) is 38.5 Å². The van der Waals surface area contributed by atoms with Crippen molar-refractivity contribution in [1.29, 1.82) is 0 Å². The van der Waals surface area contributed by atoms with E-state index >= 15 is 0 Å². The minimum absolute atomic E-state index is 0. The van der Waals surface area contributed by atoms with Crippen LogP contribution in [0.15, 0.2) is 0 Å². The fourth-order valence-corrected chi connectivity index (χ4v) is 10.5. The molecule has 0 aromatic carbocycles. The summed E-state index contributed by atoms with van der Waals surface area (Å²) in [5.74, 6) is 0.766. The summed E-state index contributed by atoms with van der Waals surface area (Å²) in [7, 11) is -8.98. The monoisotopic (exact) mass is 1170 g/mol. The van der Waals surface area contributed by atoms with Crippen molar-refractivity contribution in [3.8, 4) is 0 Å². The maximum absolute atomic E-state index is 10.9. The molecule has 0 saturated heterocycles. The van der Waals surface area contributed by atoms with Crippen molar-refractivity contribution in [3.63, 3.8) is 0 Å². The maximum Gasteiger partial charge on any atom is 3.00 e. The first kappa shape index (κ1) is 74.9. The third-order valence-electron chi connectivity index (χ3n) is 12.9. The molecule has 0 N–H and O–H groups in total. The molecule has 0 saturated carbocycles. The number of hydrogen-bond acceptors (Lipinski definition) is 6. The van der Waals surface area contributed by atoms with Crippen LogP contribution in [0.3, 0.4) is 0 Å². The summed E-state index contributed by atoms with van der Waals surface area (Å²) >= 11 is 0. The second-order valence-electron chi connectivity index (χ2n) is 20.3. The van der Waals surface area contributed by atoms with Gasteiger partial charge >= 0.3 is 46.9 Å². The fourth-order valence-electron chi connectivity index (χ4n) is 8.61. The number of hydrogen-bond donors (Lipinski definition) is 0. The first-order valence-corrected chi connectivity index (χ1v) is 34.3. The van der Waals surface area contributed by atoms with Crippen molar-refractivity contribution in [2.45, 2.75) is 329 Å². The maximum atomic E-state index is 10.9. The third kappa shape index (κ3) is 84.5. The zero-order chi connectivity index (χ0) is 49.6. The van der Waals surface area contributed by atoms with Crippen LogP contribution in [-0.4, -0.2) is 42.5 Å². The van der Waals surface area contributed by atoms with Gasteiger partial charge in [0, 0.05) is 46.8 Å². The van der Waals surface area contributed by atoms with E-state index in [4.69, 9.17) is 0 Å². The Hall–Kier alpha value is 1.37. The molecule has 0 aromatic heterocycles. The molecule has 413 valence electrons. The molecule has 0 spiro atoms. The SMILES string of the molecule is [CH2-]S(=O)(=O)CCCCCCCCCCCCCCCCCC.[CH2-]S(=O)(=O)CCCCCCCCCCCCCCCCCC.[CH2-]S(=O)(=O)CCCCCCCCCCCCCCCCCC.[Yb+3]. The Labute approximate surface area is 462 Å². The Morgan fingerprint density at radius 3 is 0.373 bits per heavy atom. The van der Waals surface area contributed by atoms with Crippen molar-refractivity contribution in [2.24, 2.45) is 0 Å². The van der Waals surface area contributed by atoms with Crippen LogP contribution in [0.4, 0.5) is 0 Å². The molecule has 0 aromatic rings.